The predicted octanol–water partition coefficient (Wildman–Crippen LogP) is 3.93. The van der Waals surface area contributed by atoms with Gasteiger partial charge in [-0.1, -0.05) is 22.9 Å². The zero-order valence-electron chi connectivity index (χ0n) is 14.1. The Kier molecular flexibility index (Phi) is 6.37. The third kappa shape index (κ3) is 4.53. The third-order valence-corrected chi connectivity index (χ3v) is 4.39. The van der Waals surface area contributed by atoms with Crippen molar-refractivity contribution in [3.8, 4) is 0 Å². The molecule has 2 aromatic rings. The number of hydrogen-bond donors (Lipinski definition) is 2. The number of alkyl carbamates (subject to hydrolysis) is 1. The normalized spacial score (nSPS) is 13.7. The maximum atomic E-state index is 13.9. The molecular weight excluding hydrogens is 411 g/mol. The van der Waals surface area contributed by atoms with Crippen LogP contribution in [0.25, 0.3) is 10.2 Å². The number of ether oxygens (including phenoxy) is 2. The highest BCUT2D eigenvalue weighted by Crippen LogP contribution is 2.36. The Hall–Kier alpha value is -2.27. The summed E-state index contributed by atoms with van der Waals surface area (Å²) in [7, 11) is 0. The molecule has 1 heterocycles. The summed E-state index contributed by atoms with van der Waals surface area (Å²) >= 11 is 6.68. The van der Waals surface area contributed by atoms with E-state index in [0.29, 0.717) is 15.2 Å². The smallest absolute Gasteiger partial charge is 0.442 e. The number of fused-ring (bicyclic) bond motifs is 1. The molecule has 12 heteroatoms. The van der Waals surface area contributed by atoms with Crippen molar-refractivity contribution in [2.45, 2.75) is 25.7 Å². The van der Waals surface area contributed by atoms with Crippen molar-refractivity contribution in [2.24, 2.45) is 0 Å². The van der Waals surface area contributed by atoms with Crippen LogP contribution in [0.15, 0.2) is 18.2 Å². The van der Waals surface area contributed by atoms with Gasteiger partial charge in [0.2, 0.25) is 0 Å². The largest absolute Gasteiger partial charge is 0.463 e. The van der Waals surface area contributed by atoms with Gasteiger partial charge in [0, 0.05) is 5.02 Å². The van der Waals surface area contributed by atoms with Gasteiger partial charge < -0.3 is 14.8 Å². The van der Waals surface area contributed by atoms with E-state index in [1.54, 1.807) is 0 Å². The fraction of sp³-hybridized carbons (Fsp3) is 0.400. The fourth-order valence-electron chi connectivity index (χ4n) is 2.06. The summed E-state index contributed by atoms with van der Waals surface area (Å²) in [4.78, 5) is 27.9. The van der Waals surface area contributed by atoms with Crippen LogP contribution in [0.5, 0.6) is 0 Å². The van der Waals surface area contributed by atoms with E-state index in [2.05, 4.69) is 14.5 Å². The number of nitrogens with one attached hydrogen (secondary N) is 2. The topological polar surface area (TPSA) is 89.5 Å². The molecule has 1 amide bonds. The van der Waals surface area contributed by atoms with Crippen molar-refractivity contribution in [3.63, 3.8) is 0 Å². The number of benzene rings is 1. The monoisotopic (exact) mass is 425 g/mol. The van der Waals surface area contributed by atoms with Gasteiger partial charge in [0.05, 0.1) is 23.4 Å². The molecule has 7 nitrogen and oxygen atoms in total. The van der Waals surface area contributed by atoms with Crippen LogP contribution in [0.3, 0.4) is 0 Å². The van der Waals surface area contributed by atoms with Gasteiger partial charge in [-0.2, -0.15) is 13.2 Å². The van der Waals surface area contributed by atoms with E-state index >= 15 is 0 Å². The number of rotatable bonds is 6. The lowest BCUT2D eigenvalue weighted by molar-refractivity contribution is -0.205. The van der Waals surface area contributed by atoms with Gasteiger partial charge in [0.15, 0.2) is 5.13 Å². The maximum absolute atomic E-state index is 13.9. The molecule has 0 aliphatic carbocycles. The number of amides is 1. The highest BCUT2D eigenvalue weighted by molar-refractivity contribution is 7.22. The summed E-state index contributed by atoms with van der Waals surface area (Å²) in [5.41, 5.74) is -3.21. The molecule has 0 radical (unpaired) electrons. The van der Waals surface area contributed by atoms with E-state index in [-0.39, 0.29) is 18.3 Å². The van der Waals surface area contributed by atoms with Crippen LogP contribution in [0.1, 0.15) is 13.8 Å². The highest BCUT2D eigenvalue weighted by Gasteiger charge is 2.64. The van der Waals surface area contributed by atoms with Crippen molar-refractivity contribution < 1.29 is 32.2 Å². The molecule has 2 rings (SSSR count). The van der Waals surface area contributed by atoms with Crippen molar-refractivity contribution in [1.29, 1.82) is 0 Å². The van der Waals surface area contributed by atoms with Crippen LogP contribution in [-0.4, -0.2) is 42.1 Å². The molecule has 0 saturated carbocycles. The number of carbonyl (C=O) groups excluding carboxylic acids is 2. The lowest BCUT2D eigenvalue weighted by Gasteiger charge is -2.33. The molecule has 148 valence electrons. The molecule has 1 aromatic heterocycles. The molecule has 0 saturated heterocycles. The lowest BCUT2D eigenvalue weighted by atomic mass is 10.1. The number of halogens is 4. The molecular formula is C15H15ClF3N3O4S. The van der Waals surface area contributed by atoms with Gasteiger partial charge in [0.1, 0.15) is 0 Å². The van der Waals surface area contributed by atoms with Gasteiger partial charge in [0.25, 0.3) is 0 Å². The molecule has 1 atom stereocenters. The first-order valence-corrected chi connectivity index (χ1v) is 8.85. The van der Waals surface area contributed by atoms with E-state index in [4.69, 9.17) is 11.6 Å². The van der Waals surface area contributed by atoms with Gasteiger partial charge in [-0.15, -0.1) is 0 Å². The van der Waals surface area contributed by atoms with E-state index in [1.165, 1.54) is 37.4 Å². The first-order valence-electron chi connectivity index (χ1n) is 7.66. The summed E-state index contributed by atoms with van der Waals surface area (Å²) in [6, 6.07) is 4.54. The fourth-order valence-corrected chi connectivity index (χ4v) is 3.26. The SMILES string of the molecule is CCOC(=O)N[C@@](Nc1nc2ccc(Cl)cc2s1)(C(=O)OCC)C(F)(F)F. The number of nitrogens with zero attached hydrogens (tertiary/aromatic N) is 1. The summed E-state index contributed by atoms with van der Waals surface area (Å²) in [5, 5.41) is 3.60. The molecule has 0 spiro atoms. The number of aromatic nitrogens is 1. The second-order valence-corrected chi connectivity index (χ2v) is 6.54. The molecule has 27 heavy (non-hydrogen) atoms. The molecule has 0 aliphatic rings. The molecule has 0 unspecified atom stereocenters. The molecule has 2 N–H and O–H groups in total. The first kappa shape index (κ1) is 21.0. The zero-order chi connectivity index (χ0) is 20.2. The van der Waals surface area contributed by atoms with Crippen LogP contribution in [0.4, 0.5) is 23.1 Å². The van der Waals surface area contributed by atoms with Gasteiger partial charge in [-0.3, -0.25) is 5.32 Å². The van der Waals surface area contributed by atoms with Gasteiger partial charge in [-0.05, 0) is 32.0 Å². The summed E-state index contributed by atoms with van der Waals surface area (Å²) in [5.74, 6) is -1.75. The Labute approximate surface area is 160 Å². The Morgan fingerprint density at radius 1 is 1.22 bits per heavy atom. The first-order chi connectivity index (χ1) is 12.6. The maximum Gasteiger partial charge on any atom is 0.442 e. The minimum Gasteiger partial charge on any atom is -0.463 e. The lowest BCUT2D eigenvalue weighted by Crippen LogP contribution is -2.69. The van der Waals surface area contributed by atoms with Crippen molar-refractivity contribution in [2.75, 3.05) is 18.5 Å². The quantitative estimate of drug-likeness (QED) is 0.538. The number of esters is 1. The number of carbonyl (C=O) groups is 2. The number of hydrogen-bond acceptors (Lipinski definition) is 7. The summed E-state index contributed by atoms with van der Waals surface area (Å²) in [6.07, 6.45) is -6.71. The number of alkyl halides is 3. The van der Waals surface area contributed by atoms with Crippen LogP contribution >= 0.6 is 22.9 Å². The van der Waals surface area contributed by atoms with E-state index in [0.717, 1.165) is 11.3 Å². The third-order valence-electron chi connectivity index (χ3n) is 3.22. The highest BCUT2D eigenvalue weighted by atomic mass is 35.5. The minimum atomic E-state index is -5.26. The van der Waals surface area contributed by atoms with Crippen LogP contribution in [-0.2, 0) is 14.3 Å². The predicted molar refractivity (Wildman–Crippen MR) is 93.8 cm³/mol. The van der Waals surface area contributed by atoms with E-state index < -0.39 is 23.9 Å². The second kappa shape index (κ2) is 8.17. The summed E-state index contributed by atoms with van der Waals surface area (Å²) in [6.45, 7) is 2.22. The Bertz CT molecular complexity index is 845. The number of thiazole rings is 1. The second-order valence-electron chi connectivity index (χ2n) is 5.07. The van der Waals surface area contributed by atoms with Gasteiger partial charge >= 0.3 is 23.9 Å². The molecule has 1 aromatic carbocycles. The van der Waals surface area contributed by atoms with Crippen molar-refractivity contribution in [3.05, 3.63) is 23.2 Å². The molecule has 0 fully saturated rings. The Morgan fingerprint density at radius 3 is 2.48 bits per heavy atom. The molecule has 0 bridgehead atoms. The van der Waals surface area contributed by atoms with Crippen LogP contribution in [0, 0.1) is 0 Å². The Balaban J connectivity index is 2.50. The standard InChI is InChI=1S/C15H15ClF3N3O4S/c1-3-25-11(23)14(15(17,18)19,22-13(24)26-4-2)21-12-20-9-6-5-8(16)7-10(9)27-12/h5-7H,3-4H2,1-2H3,(H,20,21)(H,22,24)/t14-/m0/s1. The van der Waals surface area contributed by atoms with E-state index in [1.807, 2.05) is 5.32 Å². The molecule has 0 aliphatic heterocycles. The van der Waals surface area contributed by atoms with Crippen LogP contribution < -0.4 is 10.6 Å². The van der Waals surface area contributed by atoms with Crippen LogP contribution in [0.2, 0.25) is 5.02 Å². The summed E-state index contributed by atoms with van der Waals surface area (Å²) < 4.78 is 51.2. The van der Waals surface area contributed by atoms with E-state index in [9.17, 15) is 22.8 Å². The number of anilines is 1. The average Bonchev–Trinajstić information content (AvgIpc) is 2.94. The van der Waals surface area contributed by atoms with Crippen molar-refractivity contribution >= 4 is 50.3 Å². The average molecular weight is 426 g/mol. The Morgan fingerprint density at radius 2 is 1.89 bits per heavy atom. The van der Waals surface area contributed by atoms with Crippen molar-refractivity contribution in [1.82, 2.24) is 10.3 Å². The zero-order valence-corrected chi connectivity index (χ0v) is 15.7. The minimum absolute atomic E-state index is 0.192. The van der Waals surface area contributed by atoms with Gasteiger partial charge in [-0.25, -0.2) is 14.6 Å².